The van der Waals surface area contributed by atoms with Gasteiger partial charge in [-0.2, -0.15) is 0 Å². The molecule has 0 radical (unpaired) electrons. The van der Waals surface area contributed by atoms with Crippen LogP contribution in [-0.4, -0.2) is 13.4 Å². The lowest BCUT2D eigenvalue weighted by Gasteiger charge is -2.37. The topological polar surface area (TPSA) is 18.5 Å². The average molecular weight is 863 g/mol. The number of benzene rings is 9. The van der Waals surface area contributed by atoms with Crippen LogP contribution in [0.2, 0.25) is 0 Å². The van der Waals surface area contributed by atoms with Crippen LogP contribution in [0.15, 0.2) is 233 Å². The summed E-state index contributed by atoms with van der Waals surface area (Å²) in [4.78, 5) is 10.3. The van der Waals surface area contributed by atoms with E-state index >= 15 is 0 Å². The van der Waals surface area contributed by atoms with Crippen LogP contribution in [0.3, 0.4) is 0 Å². The van der Waals surface area contributed by atoms with Gasteiger partial charge in [-0.05, 0) is 99.9 Å². The van der Waals surface area contributed by atoms with Crippen LogP contribution in [0.1, 0.15) is 0 Å². The van der Waals surface area contributed by atoms with Gasteiger partial charge in [0, 0.05) is 39.2 Å². The number of fused-ring (bicyclic) bond motifs is 8. The summed E-state index contributed by atoms with van der Waals surface area (Å²) in [6, 6.07) is 69.9. The molecule has 0 saturated carbocycles. The van der Waals surface area contributed by atoms with Crippen molar-refractivity contribution in [3.8, 4) is 45.3 Å². The Morgan fingerprint density at radius 1 is 0.258 bits per heavy atom. The van der Waals surface area contributed by atoms with Crippen molar-refractivity contribution in [1.29, 1.82) is 0 Å². The number of ether oxygens (including phenoxy) is 2. The first-order chi connectivity index (χ1) is 30.7. The zero-order valence-electron chi connectivity index (χ0n) is 33.1. The molecule has 9 aromatic carbocycles. The second kappa shape index (κ2) is 14.9. The summed E-state index contributed by atoms with van der Waals surface area (Å²) < 4.78 is 13.3. The average Bonchev–Trinajstić information content (AvgIpc) is 3.31. The third-order valence-electron chi connectivity index (χ3n) is 12.2. The van der Waals surface area contributed by atoms with Gasteiger partial charge in [-0.3, -0.25) is 0 Å². The first-order valence-corrected chi connectivity index (χ1v) is 24.0. The van der Waals surface area contributed by atoms with Crippen molar-refractivity contribution >= 4 is 93.2 Å². The van der Waals surface area contributed by atoms with Gasteiger partial charge in [0.1, 0.15) is 23.0 Å². The predicted octanol–water partition coefficient (Wildman–Crippen LogP) is 11.5. The molecule has 0 aliphatic carbocycles. The Morgan fingerprint density at radius 3 is 1.03 bits per heavy atom. The first kappa shape index (κ1) is 36.7. The van der Waals surface area contributed by atoms with E-state index in [2.05, 4.69) is 194 Å². The molecule has 0 fully saturated rings. The molecule has 0 saturated heterocycles. The number of hydrogen-bond acceptors (Lipinski definition) is 6. The second-order valence-electron chi connectivity index (χ2n) is 15.9. The van der Waals surface area contributed by atoms with E-state index in [1.165, 1.54) is 94.2 Å². The summed E-state index contributed by atoms with van der Waals surface area (Å²) in [5.74, 6) is 3.39. The van der Waals surface area contributed by atoms with E-state index in [1.807, 2.05) is 47.0 Å². The van der Waals surface area contributed by atoms with Crippen molar-refractivity contribution < 1.29 is 9.47 Å². The molecule has 0 aromatic heterocycles. The predicted molar refractivity (Wildman–Crippen MR) is 262 cm³/mol. The van der Waals surface area contributed by atoms with Gasteiger partial charge in [-0.15, -0.1) is 0 Å². The third kappa shape index (κ3) is 6.26. The fourth-order valence-corrected chi connectivity index (χ4v) is 14.5. The van der Waals surface area contributed by atoms with Crippen molar-refractivity contribution in [2.75, 3.05) is 0 Å². The molecule has 290 valence electrons. The van der Waals surface area contributed by atoms with Gasteiger partial charge in [-0.1, -0.05) is 196 Å². The van der Waals surface area contributed by atoms with Gasteiger partial charge in [0.05, 0.1) is 0 Å². The first-order valence-electron chi connectivity index (χ1n) is 20.8. The summed E-state index contributed by atoms with van der Waals surface area (Å²) >= 11 is 7.50. The summed E-state index contributed by atoms with van der Waals surface area (Å²) in [5, 5.41) is 0. The van der Waals surface area contributed by atoms with E-state index in [-0.39, 0.29) is 13.4 Å². The molecule has 62 heavy (non-hydrogen) atoms. The Labute approximate surface area is 378 Å². The molecule has 0 atom stereocenters. The fraction of sp³-hybridized carbons (Fsp3) is 0. The zero-order valence-corrected chi connectivity index (χ0v) is 36.3. The van der Waals surface area contributed by atoms with Crippen molar-refractivity contribution in [1.82, 2.24) is 0 Å². The summed E-state index contributed by atoms with van der Waals surface area (Å²) in [6.07, 6.45) is 0. The Morgan fingerprint density at radius 2 is 0.613 bits per heavy atom. The van der Waals surface area contributed by atoms with E-state index in [0.29, 0.717) is 0 Å². The molecular weight excluding hydrogens is 830 g/mol. The zero-order chi connectivity index (χ0) is 40.7. The normalized spacial score (nSPS) is 13.5. The number of hydrogen-bond donors (Lipinski definition) is 0. The van der Waals surface area contributed by atoms with Crippen LogP contribution >= 0.6 is 47.0 Å². The maximum absolute atomic E-state index is 6.66. The fourth-order valence-electron chi connectivity index (χ4n) is 9.42. The highest BCUT2D eigenvalue weighted by Gasteiger charge is 2.43. The summed E-state index contributed by atoms with van der Waals surface area (Å²) in [6.45, 7) is 0.252. The lowest BCUT2D eigenvalue weighted by molar-refractivity contribution is 0.480. The SMILES string of the molecule is c1ccc(-c2ccc(Oc3cc4c5c(c3)Sc3cc6c(cc3B5c3ccccc3S4)B3c4ccccc4Sc4cc(Oc5ccc(-c7ccccc7)cc5)cc(c43)S6)cc2)cc1. The lowest BCUT2D eigenvalue weighted by Crippen LogP contribution is -2.62. The minimum Gasteiger partial charge on any atom is -0.457 e. The molecule has 9 aromatic rings. The van der Waals surface area contributed by atoms with E-state index < -0.39 is 0 Å². The van der Waals surface area contributed by atoms with Crippen LogP contribution in [0.4, 0.5) is 0 Å². The third-order valence-corrected chi connectivity index (χ3v) is 16.8. The van der Waals surface area contributed by atoms with Crippen LogP contribution in [0, 0.1) is 0 Å². The molecule has 2 nitrogen and oxygen atoms in total. The van der Waals surface area contributed by atoms with Crippen molar-refractivity contribution in [2.24, 2.45) is 0 Å². The monoisotopic (exact) mass is 862 g/mol. The maximum atomic E-state index is 6.66. The van der Waals surface area contributed by atoms with Crippen LogP contribution in [0.25, 0.3) is 22.3 Å². The molecular formula is C54H32B2O2S4. The molecule has 0 bridgehead atoms. The summed E-state index contributed by atoms with van der Waals surface area (Å²) in [5.41, 5.74) is 13.1. The molecule has 8 heteroatoms. The highest BCUT2D eigenvalue weighted by atomic mass is 32.2. The molecule has 4 aliphatic heterocycles. The van der Waals surface area contributed by atoms with Gasteiger partial charge >= 0.3 is 0 Å². The highest BCUT2D eigenvalue weighted by Crippen LogP contribution is 2.45. The lowest BCUT2D eigenvalue weighted by atomic mass is 9.33. The Hall–Kier alpha value is -5.89. The van der Waals surface area contributed by atoms with Gasteiger partial charge < -0.3 is 9.47 Å². The molecule has 13 rings (SSSR count). The van der Waals surface area contributed by atoms with Gasteiger partial charge in [0.25, 0.3) is 0 Å². The van der Waals surface area contributed by atoms with Gasteiger partial charge in [0.2, 0.25) is 13.4 Å². The van der Waals surface area contributed by atoms with Crippen molar-refractivity contribution in [3.63, 3.8) is 0 Å². The van der Waals surface area contributed by atoms with E-state index in [0.717, 1.165) is 23.0 Å². The van der Waals surface area contributed by atoms with Crippen molar-refractivity contribution in [2.45, 2.75) is 39.2 Å². The molecule has 0 spiro atoms. The van der Waals surface area contributed by atoms with E-state index in [4.69, 9.17) is 9.47 Å². The quantitative estimate of drug-likeness (QED) is 0.154. The highest BCUT2D eigenvalue weighted by molar-refractivity contribution is 8.02. The molecule has 4 heterocycles. The second-order valence-corrected chi connectivity index (χ2v) is 20.3. The molecule has 0 unspecified atom stereocenters. The van der Waals surface area contributed by atoms with E-state index in [1.54, 1.807) is 0 Å². The molecule has 0 N–H and O–H groups in total. The Bertz CT molecular complexity index is 3040. The Kier molecular flexibility index (Phi) is 8.82. The standard InChI is InChI=1S/C54H32B2O2S4/c1-3-11-33(12-4-1)35-19-23-37(24-20-35)57-39-27-49-53-51(29-39)61-47-32-48-44(31-43(47)55(53)41-15-7-9-17-45(41)59-49)56-42-16-8-10-18-46(42)60-50-28-40(30-52(62-48)54(50)56)58-38-25-21-36(22-26-38)34-13-5-2-6-14-34/h1-32H. The Balaban J connectivity index is 0.889. The maximum Gasteiger partial charge on any atom is 0.247 e. The van der Waals surface area contributed by atoms with Crippen LogP contribution in [0.5, 0.6) is 23.0 Å². The smallest absolute Gasteiger partial charge is 0.247 e. The summed E-state index contributed by atoms with van der Waals surface area (Å²) in [7, 11) is 0. The number of rotatable bonds is 6. The van der Waals surface area contributed by atoms with Crippen molar-refractivity contribution in [3.05, 3.63) is 194 Å². The largest absolute Gasteiger partial charge is 0.457 e. The molecule has 4 aliphatic rings. The van der Waals surface area contributed by atoms with Crippen LogP contribution < -0.4 is 42.3 Å². The van der Waals surface area contributed by atoms with Gasteiger partial charge in [-0.25, -0.2) is 0 Å². The van der Waals surface area contributed by atoms with E-state index in [9.17, 15) is 0 Å². The minimum absolute atomic E-state index is 0.126. The van der Waals surface area contributed by atoms with Gasteiger partial charge in [0.15, 0.2) is 0 Å². The molecule has 0 amide bonds. The van der Waals surface area contributed by atoms with Crippen LogP contribution in [-0.2, 0) is 0 Å². The minimum atomic E-state index is 0.126.